The molecule has 0 N–H and O–H groups in total. The SMILES string of the molecule is COc1ccc(C(=O)N2C[C@@H](c3nc(-c4cccc(C)c4)no3)[C@]3(CCN(C)C3)C2)c(OC)n1. The lowest BCUT2D eigenvalue weighted by atomic mass is 9.77. The van der Waals surface area contributed by atoms with Crippen LogP contribution < -0.4 is 9.47 Å². The summed E-state index contributed by atoms with van der Waals surface area (Å²) in [7, 11) is 5.15. The van der Waals surface area contributed by atoms with Crippen molar-refractivity contribution in [2.45, 2.75) is 19.3 Å². The second-order valence-electron chi connectivity index (χ2n) is 9.32. The summed E-state index contributed by atoms with van der Waals surface area (Å²) in [6.07, 6.45) is 0.956. The first-order valence-electron chi connectivity index (χ1n) is 11.4. The minimum absolute atomic E-state index is 0.0512. The zero-order valence-electron chi connectivity index (χ0n) is 19.9. The van der Waals surface area contributed by atoms with Gasteiger partial charge in [0.1, 0.15) is 5.56 Å². The van der Waals surface area contributed by atoms with E-state index in [4.69, 9.17) is 19.0 Å². The Labute approximate surface area is 198 Å². The molecule has 9 heteroatoms. The second kappa shape index (κ2) is 8.72. The molecule has 178 valence electrons. The van der Waals surface area contributed by atoms with Crippen LogP contribution in [-0.2, 0) is 0 Å². The molecule has 9 nitrogen and oxygen atoms in total. The zero-order chi connectivity index (χ0) is 23.9. The molecule has 2 aliphatic heterocycles. The normalized spacial score (nSPS) is 22.5. The third-order valence-electron chi connectivity index (χ3n) is 7.00. The zero-order valence-corrected chi connectivity index (χ0v) is 19.9. The van der Waals surface area contributed by atoms with Gasteiger partial charge in [-0.15, -0.1) is 0 Å². The predicted molar refractivity (Wildman–Crippen MR) is 125 cm³/mol. The molecular formula is C25H29N5O4. The lowest BCUT2D eigenvalue weighted by molar-refractivity contribution is 0.0769. The fourth-order valence-electron chi connectivity index (χ4n) is 5.29. The smallest absolute Gasteiger partial charge is 0.259 e. The molecule has 0 bridgehead atoms. The largest absolute Gasteiger partial charge is 0.481 e. The quantitative estimate of drug-likeness (QED) is 0.570. The number of hydrogen-bond acceptors (Lipinski definition) is 8. The van der Waals surface area contributed by atoms with E-state index < -0.39 is 0 Å². The van der Waals surface area contributed by atoms with Crippen LogP contribution >= 0.6 is 0 Å². The van der Waals surface area contributed by atoms with Gasteiger partial charge < -0.3 is 23.8 Å². The van der Waals surface area contributed by atoms with Gasteiger partial charge in [0.15, 0.2) is 0 Å². The summed E-state index contributed by atoms with van der Waals surface area (Å²) in [6, 6.07) is 11.4. The first-order valence-corrected chi connectivity index (χ1v) is 11.4. The number of amides is 1. The van der Waals surface area contributed by atoms with Crippen LogP contribution in [0.5, 0.6) is 11.8 Å². The molecule has 2 fully saturated rings. The van der Waals surface area contributed by atoms with Crippen molar-refractivity contribution in [1.29, 1.82) is 0 Å². The third-order valence-corrected chi connectivity index (χ3v) is 7.00. The van der Waals surface area contributed by atoms with Crippen LogP contribution in [-0.4, -0.2) is 78.3 Å². The van der Waals surface area contributed by atoms with Crippen molar-refractivity contribution in [3.63, 3.8) is 0 Å². The van der Waals surface area contributed by atoms with Crippen LogP contribution in [0, 0.1) is 12.3 Å². The maximum Gasteiger partial charge on any atom is 0.259 e. The Hall–Kier alpha value is -3.46. The van der Waals surface area contributed by atoms with E-state index in [9.17, 15) is 4.79 Å². The Morgan fingerprint density at radius 1 is 1.15 bits per heavy atom. The van der Waals surface area contributed by atoms with Crippen LogP contribution in [0.25, 0.3) is 11.4 Å². The Morgan fingerprint density at radius 3 is 2.71 bits per heavy atom. The standard InChI is InChI=1S/C25H29N5O4/c1-16-6-5-7-17(12-16)21-27-23(34-28-21)19-13-30(15-25(19)10-11-29(2)14-25)24(31)18-8-9-20(32-3)26-22(18)33-4/h5-9,12,19H,10-11,13-15H2,1-4H3/t19-,25-/m0/s1. The molecule has 2 aliphatic rings. The number of hydrogen-bond donors (Lipinski definition) is 0. The molecule has 5 rings (SSSR count). The van der Waals surface area contributed by atoms with Crippen LogP contribution in [0.15, 0.2) is 40.9 Å². The summed E-state index contributed by atoms with van der Waals surface area (Å²) in [4.78, 5) is 26.8. The van der Waals surface area contributed by atoms with E-state index in [1.165, 1.54) is 14.2 Å². The summed E-state index contributed by atoms with van der Waals surface area (Å²) in [5.74, 6) is 1.64. The van der Waals surface area contributed by atoms with Gasteiger partial charge in [0.2, 0.25) is 23.5 Å². The molecule has 0 aliphatic carbocycles. The first-order chi connectivity index (χ1) is 16.4. The summed E-state index contributed by atoms with van der Waals surface area (Å²) < 4.78 is 16.4. The molecule has 0 radical (unpaired) electrons. The van der Waals surface area contributed by atoms with Crippen molar-refractivity contribution < 1.29 is 18.8 Å². The maximum atomic E-state index is 13.6. The Kier molecular flexibility index (Phi) is 5.73. The van der Waals surface area contributed by atoms with Crippen molar-refractivity contribution in [2.75, 3.05) is 47.4 Å². The second-order valence-corrected chi connectivity index (χ2v) is 9.32. The van der Waals surface area contributed by atoms with E-state index in [1.807, 2.05) is 36.1 Å². The molecule has 1 aromatic carbocycles. The van der Waals surface area contributed by atoms with Gasteiger partial charge in [0, 0.05) is 36.7 Å². The highest BCUT2D eigenvalue weighted by molar-refractivity contribution is 5.96. The number of pyridine rings is 1. The summed E-state index contributed by atoms with van der Waals surface area (Å²) in [5.41, 5.74) is 2.33. The molecular weight excluding hydrogens is 434 g/mol. The molecule has 2 aromatic heterocycles. The molecule has 2 atom stereocenters. The minimum atomic E-state index is -0.145. The fourth-order valence-corrected chi connectivity index (χ4v) is 5.29. The molecule has 3 aromatic rings. The van der Waals surface area contributed by atoms with Gasteiger partial charge in [-0.2, -0.15) is 9.97 Å². The summed E-state index contributed by atoms with van der Waals surface area (Å²) in [5, 5.41) is 4.27. The molecule has 0 saturated carbocycles. The topological polar surface area (TPSA) is 93.8 Å². The van der Waals surface area contributed by atoms with Crippen LogP contribution in [0.3, 0.4) is 0 Å². The minimum Gasteiger partial charge on any atom is -0.481 e. The third kappa shape index (κ3) is 3.90. The molecule has 1 amide bonds. The van der Waals surface area contributed by atoms with Gasteiger partial charge in [-0.1, -0.05) is 28.9 Å². The lowest BCUT2D eigenvalue weighted by Gasteiger charge is -2.27. The van der Waals surface area contributed by atoms with Crippen molar-refractivity contribution in [3.8, 4) is 23.1 Å². The fraction of sp³-hybridized carbons (Fsp3) is 0.440. The monoisotopic (exact) mass is 463 g/mol. The van der Waals surface area contributed by atoms with Crippen molar-refractivity contribution in [1.82, 2.24) is 24.9 Å². The molecule has 0 unspecified atom stereocenters. The van der Waals surface area contributed by atoms with Crippen molar-refractivity contribution >= 4 is 5.91 Å². The number of carbonyl (C=O) groups is 1. The van der Waals surface area contributed by atoms with E-state index in [0.717, 1.165) is 30.6 Å². The molecule has 1 spiro atoms. The van der Waals surface area contributed by atoms with Crippen LogP contribution in [0.1, 0.15) is 34.2 Å². The van der Waals surface area contributed by atoms with Crippen molar-refractivity contribution in [2.24, 2.45) is 5.41 Å². The molecule has 34 heavy (non-hydrogen) atoms. The van der Waals surface area contributed by atoms with Gasteiger partial charge in [0.05, 0.1) is 20.1 Å². The van der Waals surface area contributed by atoms with Crippen LogP contribution in [0.4, 0.5) is 0 Å². The van der Waals surface area contributed by atoms with Gasteiger partial charge in [-0.3, -0.25) is 4.79 Å². The predicted octanol–water partition coefficient (Wildman–Crippen LogP) is 3.02. The Balaban J connectivity index is 1.46. The van der Waals surface area contributed by atoms with Crippen molar-refractivity contribution in [3.05, 3.63) is 53.4 Å². The number of carbonyl (C=O) groups excluding carboxylic acids is 1. The number of aromatic nitrogens is 3. The average molecular weight is 464 g/mol. The summed E-state index contributed by atoms with van der Waals surface area (Å²) in [6.45, 7) is 4.97. The number of methoxy groups -OCH3 is 2. The number of ether oxygens (including phenoxy) is 2. The van der Waals surface area contributed by atoms with Gasteiger partial charge in [0.25, 0.3) is 5.91 Å². The lowest BCUT2D eigenvalue weighted by Crippen LogP contribution is -2.34. The van der Waals surface area contributed by atoms with E-state index in [1.54, 1.807) is 12.1 Å². The van der Waals surface area contributed by atoms with Gasteiger partial charge in [-0.25, -0.2) is 0 Å². The first kappa shape index (κ1) is 22.3. The Bertz CT molecular complexity index is 1210. The average Bonchev–Trinajstić information content (AvgIpc) is 3.57. The van der Waals surface area contributed by atoms with E-state index >= 15 is 0 Å². The number of benzene rings is 1. The highest BCUT2D eigenvalue weighted by Crippen LogP contribution is 2.49. The van der Waals surface area contributed by atoms with E-state index in [2.05, 4.69) is 22.1 Å². The number of aryl methyl sites for hydroxylation is 1. The van der Waals surface area contributed by atoms with Crippen LogP contribution in [0.2, 0.25) is 0 Å². The summed E-state index contributed by atoms with van der Waals surface area (Å²) >= 11 is 0. The Morgan fingerprint density at radius 2 is 2.00 bits per heavy atom. The number of nitrogens with zero attached hydrogens (tertiary/aromatic N) is 5. The van der Waals surface area contributed by atoms with Gasteiger partial charge in [-0.05, 0) is 39.1 Å². The number of rotatable bonds is 5. The highest BCUT2D eigenvalue weighted by Gasteiger charge is 2.54. The number of likely N-dealkylation sites (tertiary alicyclic amines) is 2. The molecule has 2 saturated heterocycles. The van der Waals surface area contributed by atoms with E-state index in [-0.39, 0.29) is 23.1 Å². The highest BCUT2D eigenvalue weighted by atomic mass is 16.5. The molecule has 4 heterocycles. The van der Waals surface area contributed by atoms with Gasteiger partial charge >= 0.3 is 0 Å². The van der Waals surface area contributed by atoms with E-state index in [0.29, 0.717) is 36.2 Å². The maximum absolute atomic E-state index is 13.6.